The van der Waals surface area contributed by atoms with E-state index in [2.05, 4.69) is 49.9 Å². The van der Waals surface area contributed by atoms with E-state index in [4.69, 9.17) is 0 Å². The molecule has 1 unspecified atom stereocenters. The van der Waals surface area contributed by atoms with Crippen LogP contribution in [0.2, 0.25) is 0 Å². The highest BCUT2D eigenvalue weighted by Gasteiger charge is 2.23. The summed E-state index contributed by atoms with van der Waals surface area (Å²) in [6, 6.07) is 0. The molecule has 2 rings (SSSR count). The molecule has 0 aliphatic carbocycles. The summed E-state index contributed by atoms with van der Waals surface area (Å²) in [5.74, 6) is 0.788. The standard InChI is InChI=1S/C11H17BrN4/c1-3-9-10(4-2)14-15-11(13-9)16-6-5-8(12)7-16/h8H,3-7H2,1-2H3. The second-order valence-corrected chi connectivity index (χ2v) is 5.34. The molecular formula is C11H17BrN4. The quantitative estimate of drug-likeness (QED) is 0.796. The van der Waals surface area contributed by atoms with Gasteiger partial charge in [0.05, 0.1) is 11.4 Å². The van der Waals surface area contributed by atoms with Gasteiger partial charge in [-0.3, -0.25) is 0 Å². The number of halogens is 1. The lowest BCUT2D eigenvalue weighted by atomic mass is 10.2. The van der Waals surface area contributed by atoms with Gasteiger partial charge in [-0.2, -0.15) is 5.10 Å². The fourth-order valence-electron chi connectivity index (χ4n) is 1.96. The van der Waals surface area contributed by atoms with Crippen LogP contribution in [-0.4, -0.2) is 33.1 Å². The number of anilines is 1. The Kier molecular flexibility index (Phi) is 3.74. The summed E-state index contributed by atoms with van der Waals surface area (Å²) < 4.78 is 0. The molecule has 1 atom stereocenters. The molecule has 1 aromatic heterocycles. The summed E-state index contributed by atoms with van der Waals surface area (Å²) in [7, 11) is 0. The molecule has 1 aliphatic heterocycles. The molecule has 1 fully saturated rings. The molecule has 0 bridgehead atoms. The summed E-state index contributed by atoms with van der Waals surface area (Å²) in [6.45, 7) is 6.21. The third-order valence-corrected chi connectivity index (χ3v) is 3.66. The molecule has 1 saturated heterocycles. The van der Waals surface area contributed by atoms with Gasteiger partial charge in [0.2, 0.25) is 5.95 Å². The lowest BCUT2D eigenvalue weighted by Crippen LogP contribution is -2.23. The molecule has 1 aliphatic rings. The lowest BCUT2D eigenvalue weighted by Gasteiger charge is -2.15. The highest BCUT2D eigenvalue weighted by Crippen LogP contribution is 2.21. The van der Waals surface area contributed by atoms with E-state index in [1.807, 2.05) is 0 Å². The van der Waals surface area contributed by atoms with Crippen molar-refractivity contribution in [3.63, 3.8) is 0 Å². The minimum atomic E-state index is 0.562. The predicted molar refractivity (Wildman–Crippen MR) is 68.1 cm³/mol. The second-order valence-electron chi connectivity index (χ2n) is 4.04. The zero-order valence-electron chi connectivity index (χ0n) is 9.78. The summed E-state index contributed by atoms with van der Waals surface area (Å²) in [4.78, 5) is 7.37. The van der Waals surface area contributed by atoms with E-state index in [9.17, 15) is 0 Å². The number of aromatic nitrogens is 3. The highest BCUT2D eigenvalue weighted by molar-refractivity contribution is 9.09. The molecule has 1 aromatic rings. The van der Waals surface area contributed by atoms with Gasteiger partial charge in [0, 0.05) is 17.9 Å². The van der Waals surface area contributed by atoms with Crippen molar-refractivity contribution in [2.24, 2.45) is 0 Å². The van der Waals surface area contributed by atoms with Crippen molar-refractivity contribution in [1.29, 1.82) is 0 Å². The van der Waals surface area contributed by atoms with Crippen LogP contribution in [0.4, 0.5) is 5.95 Å². The molecule has 0 radical (unpaired) electrons. The van der Waals surface area contributed by atoms with Crippen LogP contribution in [0.3, 0.4) is 0 Å². The van der Waals surface area contributed by atoms with Crippen LogP contribution >= 0.6 is 15.9 Å². The third-order valence-electron chi connectivity index (χ3n) is 2.91. The Morgan fingerprint density at radius 3 is 2.56 bits per heavy atom. The molecule has 0 saturated carbocycles. The fourth-order valence-corrected chi connectivity index (χ4v) is 2.52. The first kappa shape index (κ1) is 11.8. The van der Waals surface area contributed by atoms with Crippen molar-refractivity contribution >= 4 is 21.9 Å². The van der Waals surface area contributed by atoms with Crippen molar-refractivity contribution in [1.82, 2.24) is 15.2 Å². The average Bonchev–Trinajstić information content (AvgIpc) is 2.75. The summed E-state index contributed by atoms with van der Waals surface area (Å²) in [5.41, 5.74) is 2.12. The van der Waals surface area contributed by atoms with Crippen molar-refractivity contribution < 1.29 is 0 Å². The third kappa shape index (κ3) is 2.34. The van der Waals surface area contributed by atoms with Gasteiger partial charge in [-0.1, -0.05) is 29.8 Å². The van der Waals surface area contributed by atoms with E-state index in [-0.39, 0.29) is 0 Å². The Bertz CT molecular complexity index is 369. The van der Waals surface area contributed by atoms with E-state index in [0.717, 1.165) is 49.7 Å². The molecule has 0 N–H and O–H groups in total. The largest absolute Gasteiger partial charge is 0.338 e. The normalized spacial score (nSPS) is 20.4. The van der Waals surface area contributed by atoms with Crippen LogP contribution in [0.1, 0.15) is 31.7 Å². The maximum Gasteiger partial charge on any atom is 0.245 e. The topological polar surface area (TPSA) is 41.9 Å². The lowest BCUT2D eigenvalue weighted by molar-refractivity contribution is 0.781. The van der Waals surface area contributed by atoms with Crippen LogP contribution in [-0.2, 0) is 12.8 Å². The molecule has 4 nitrogen and oxygen atoms in total. The van der Waals surface area contributed by atoms with Gasteiger partial charge in [-0.25, -0.2) is 4.98 Å². The van der Waals surface area contributed by atoms with Crippen molar-refractivity contribution in [2.75, 3.05) is 18.0 Å². The molecule has 5 heteroatoms. The van der Waals surface area contributed by atoms with Crippen molar-refractivity contribution in [3.8, 4) is 0 Å². The van der Waals surface area contributed by atoms with Crippen LogP contribution in [0.25, 0.3) is 0 Å². The first-order valence-corrected chi connectivity index (χ1v) is 6.77. The van der Waals surface area contributed by atoms with Gasteiger partial charge in [0.1, 0.15) is 0 Å². The molecule has 2 heterocycles. The number of rotatable bonds is 3. The second kappa shape index (κ2) is 5.08. The molecule has 16 heavy (non-hydrogen) atoms. The fraction of sp³-hybridized carbons (Fsp3) is 0.727. The minimum Gasteiger partial charge on any atom is -0.338 e. The first-order valence-electron chi connectivity index (χ1n) is 5.86. The van der Waals surface area contributed by atoms with Gasteiger partial charge >= 0.3 is 0 Å². The van der Waals surface area contributed by atoms with Crippen LogP contribution in [0.15, 0.2) is 0 Å². The molecule has 0 amide bonds. The molecule has 0 spiro atoms. The number of alkyl halides is 1. The number of aryl methyl sites for hydroxylation is 2. The highest BCUT2D eigenvalue weighted by atomic mass is 79.9. The minimum absolute atomic E-state index is 0.562. The van der Waals surface area contributed by atoms with Crippen molar-refractivity contribution in [3.05, 3.63) is 11.4 Å². The Labute approximate surface area is 105 Å². The molecule has 0 aromatic carbocycles. The van der Waals surface area contributed by atoms with Gasteiger partial charge in [-0.15, -0.1) is 5.10 Å². The van der Waals surface area contributed by atoms with E-state index in [1.54, 1.807) is 0 Å². The first-order chi connectivity index (χ1) is 7.74. The van der Waals surface area contributed by atoms with E-state index < -0.39 is 0 Å². The smallest absolute Gasteiger partial charge is 0.245 e. The van der Waals surface area contributed by atoms with E-state index in [1.165, 1.54) is 0 Å². The maximum absolute atomic E-state index is 4.61. The molecular weight excluding hydrogens is 268 g/mol. The van der Waals surface area contributed by atoms with Gasteiger partial charge < -0.3 is 4.90 Å². The Hall–Kier alpha value is -0.710. The van der Waals surface area contributed by atoms with Gasteiger partial charge in [0.25, 0.3) is 0 Å². The van der Waals surface area contributed by atoms with Crippen molar-refractivity contribution in [2.45, 2.75) is 37.9 Å². The Balaban J connectivity index is 2.22. The number of hydrogen-bond acceptors (Lipinski definition) is 4. The van der Waals surface area contributed by atoms with Crippen LogP contribution in [0, 0.1) is 0 Å². The monoisotopic (exact) mass is 284 g/mol. The van der Waals surface area contributed by atoms with Gasteiger partial charge in [0.15, 0.2) is 0 Å². The van der Waals surface area contributed by atoms with Crippen LogP contribution < -0.4 is 4.90 Å². The zero-order valence-corrected chi connectivity index (χ0v) is 11.4. The van der Waals surface area contributed by atoms with Crippen LogP contribution in [0.5, 0.6) is 0 Å². The Morgan fingerprint density at radius 1 is 1.25 bits per heavy atom. The number of nitrogens with zero attached hydrogens (tertiary/aromatic N) is 4. The van der Waals surface area contributed by atoms with E-state index in [0.29, 0.717) is 4.83 Å². The maximum atomic E-state index is 4.61. The van der Waals surface area contributed by atoms with E-state index >= 15 is 0 Å². The summed E-state index contributed by atoms with van der Waals surface area (Å²) in [6.07, 6.45) is 2.99. The average molecular weight is 285 g/mol. The van der Waals surface area contributed by atoms with Gasteiger partial charge in [-0.05, 0) is 19.3 Å². The summed E-state index contributed by atoms with van der Waals surface area (Å²) in [5, 5.41) is 8.49. The summed E-state index contributed by atoms with van der Waals surface area (Å²) >= 11 is 3.62. The molecule has 88 valence electrons. The SMILES string of the molecule is CCc1nnc(N2CCC(Br)C2)nc1CC. The number of hydrogen-bond donors (Lipinski definition) is 0. The zero-order chi connectivity index (χ0) is 11.5. The Morgan fingerprint density at radius 2 is 2.00 bits per heavy atom. The predicted octanol–water partition coefficient (Wildman–Crippen LogP) is 1.97.